The van der Waals surface area contributed by atoms with Gasteiger partial charge >= 0.3 is 0 Å². The van der Waals surface area contributed by atoms with Crippen LogP contribution in [-0.2, 0) is 62.4 Å². The quantitative estimate of drug-likeness (QED) is 0.0315. The van der Waals surface area contributed by atoms with E-state index in [9.17, 15) is 43.2 Å². The molecule has 1 saturated heterocycles. The van der Waals surface area contributed by atoms with Gasteiger partial charge in [0.15, 0.2) is 5.96 Å². The number of primary amides is 1. The number of benzene rings is 2. The molecule has 15 N–H and O–H groups in total. The van der Waals surface area contributed by atoms with E-state index in [1.165, 1.54) is 24.3 Å². The normalized spacial score (nSPS) is 20.3. The first kappa shape index (κ1) is 56.6. The van der Waals surface area contributed by atoms with Gasteiger partial charge in [0.1, 0.15) is 36.3 Å². The number of guanidine groups is 1. The van der Waals surface area contributed by atoms with Gasteiger partial charge in [-0.2, -0.15) is 0 Å². The number of carbonyl (C=O) groups excluding carboxylic acids is 9. The lowest BCUT2D eigenvalue weighted by atomic mass is 10.0. The fourth-order valence-corrected chi connectivity index (χ4v) is 8.46. The summed E-state index contributed by atoms with van der Waals surface area (Å²) in [5.74, 6) is -6.94. The van der Waals surface area contributed by atoms with Crippen LogP contribution in [0.25, 0.3) is 10.9 Å². The molecule has 0 spiro atoms. The zero-order valence-corrected chi connectivity index (χ0v) is 41.7. The highest BCUT2D eigenvalue weighted by Gasteiger charge is 2.36. The Labute approximate surface area is 428 Å². The first-order chi connectivity index (χ1) is 35.5. The molecule has 9 amide bonds. The summed E-state index contributed by atoms with van der Waals surface area (Å²) in [6, 6.07) is 7.95. The second-order valence-electron chi connectivity index (χ2n) is 18.2. The van der Waals surface area contributed by atoms with Gasteiger partial charge in [0, 0.05) is 74.8 Å². The maximum atomic E-state index is 14.7. The van der Waals surface area contributed by atoms with Crippen LogP contribution < -0.4 is 54.4 Å². The van der Waals surface area contributed by atoms with Crippen LogP contribution in [0.2, 0.25) is 0 Å². The standard InChI is InChI=1S/C50H69N15O9/c1-3-4-16-36(59-30(2)66)44(69)63-40-25-43(68)55-19-10-11-21-65(28-42(51)67)49(74)41(23-32-26-57-35-17-9-8-15-34(32)35)64-45(70)37(18-12-20-56-50(52)53)60-46(71)38(22-31-13-6-5-7-14-31)61-47(72)39(62-48(40)73)24-33-27-54-29-58-33/h5-9,13-15,17,26-27,29,36-41,57H,3-4,10-12,16,18-25,28H2,1-2H3,(H2,51,67)(H,54,58)(H,55,68)(H,59,66)(H,60,71)(H,61,72)(H,62,73)(H,63,69)(H,64,70)(H4,52,53,56)/t36-,37-,38+,39-,40-,41-/m0/s1. The van der Waals surface area contributed by atoms with Gasteiger partial charge in [0.25, 0.3) is 0 Å². The summed E-state index contributed by atoms with van der Waals surface area (Å²) in [5, 5.41) is 19.8. The lowest BCUT2D eigenvalue weighted by Gasteiger charge is -2.30. The number of rotatable bonds is 18. The SMILES string of the molecule is CCCC[C@H](NC(C)=O)C(=O)N[C@H]1CC(=O)NCCCCN(CC(N)=O)C(=O)[C@H](Cc2c[nH]c3ccccc23)NC(=O)[C@H](CCCN=C(N)N)NC(=O)[C@@H](Cc2ccccc2)NC(=O)[C@H](Cc2cnc[nH]2)NC1=O. The van der Waals surface area contributed by atoms with Crippen molar-refractivity contribution in [3.63, 3.8) is 0 Å². The van der Waals surface area contributed by atoms with Gasteiger partial charge in [-0.1, -0.05) is 68.3 Å². The molecule has 3 heterocycles. The summed E-state index contributed by atoms with van der Waals surface area (Å²) >= 11 is 0. The molecule has 4 aromatic rings. The topological polar surface area (TPSA) is 376 Å². The number of unbranched alkanes of at least 4 members (excludes halogenated alkanes) is 1. The number of imidazole rings is 1. The predicted octanol–water partition coefficient (Wildman–Crippen LogP) is -1.29. The lowest BCUT2D eigenvalue weighted by molar-refractivity contribution is -0.139. The fraction of sp³-hybridized carbons (Fsp3) is 0.460. The molecule has 74 heavy (non-hydrogen) atoms. The molecule has 0 unspecified atom stereocenters. The van der Waals surface area contributed by atoms with Gasteiger partial charge in [0.2, 0.25) is 53.2 Å². The van der Waals surface area contributed by atoms with Crippen LogP contribution in [0.5, 0.6) is 0 Å². The Hall–Kier alpha value is -8.31. The summed E-state index contributed by atoms with van der Waals surface area (Å²) in [5.41, 5.74) is 19.3. The molecule has 1 aliphatic heterocycles. The summed E-state index contributed by atoms with van der Waals surface area (Å²) in [6.45, 7) is 2.71. The van der Waals surface area contributed by atoms with Crippen LogP contribution in [0, 0.1) is 0 Å². The molecular formula is C50H69N15O9. The Morgan fingerprint density at radius 2 is 1.47 bits per heavy atom. The van der Waals surface area contributed by atoms with Crippen LogP contribution in [0.1, 0.15) is 82.0 Å². The maximum absolute atomic E-state index is 14.7. The second kappa shape index (κ2) is 28.7. The molecule has 0 bridgehead atoms. The Morgan fingerprint density at radius 3 is 2.16 bits per heavy atom. The number of hydrogen-bond donors (Lipinski definition) is 12. The van der Waals surface area contributed by atoms with Crippen molar-refractivity contribution in [2.45, 2.75) is 121 Å². The molecular weight excluding hydrogens is 955 g/mol. The fourth-order valence-electron chi connectivity index (χ4n) is 8.46. The number of amides is 9. The third-order valence-electron chi connectivity index (χ3n) is 12.2. The minimum Gasteiger partial charge on any atom is -0.370 e. The van der Waals surface area contributed by atoms with Crippen LogP contribution in [0.15, 0.2) is 78.3 Å². The van der Waals surface area contributed by atoms with Crippen molar-refractivity contribution in [1.29, 1.82) is 0 Å². The van der Waals surface area contributed by atoms with E-state index in [1.807, 2.05) is 31.2 Å². The first-order valence-corrected chi connectivity index (χ1v) is 24.8. The molecule has 0 radical (unpaired) electrons. The smallest absolute Gasteiger partial charge is 0.245 e. The molecule has 398 valence electrons. The highest BCUT2D eigenvalue weighted by molar-refractivity contribution is 5.99. The van der Waals surface area contributed by atoms with E-state index in [4.69, 9.17) is 17.2 Å². The minimum atomic E-state index is -1.57. The van der Waals surface area contributed by atoms with Crippen LogP contribution >= 0.6 is 0 Å². The number of nitrogens with one attached hydrogen (secondary N) is 9. The van der Waals surface area contributed by atoms with E-state index < -0.39 is 102 Å². The number of nitrogens with zero attached hydrogens (tertiary/aromatic N) is 3. The molecule has 6 atom stereocenters. The maximum Gasteiger partial charge on any atom is 0.245 e. The highest BCUT2D eigenvalue weighted by Crippen LogP contribution is 2.20. The van der Waals surface area contributed by atoms with Crippen molar-refractivity contribution in [2.75, 3.05) is 26.2 Å². The minimum absolute atomic E-state index is 0.0292. The predicted molar refractivity (Wildman–Crippen MR) is 274 cm³/mol. The molecule has 2 aromatic carbocycles. The molecule has 0 aliphatic carbocycles. The number of aliphatic imine (C=N–C) groups is 1. The average Bonchev–Trinajstić information content (AvgIpc) is 4.04. The van der Waals surface area contributed by atoms with Crippen molar-refractivity contribution in [2.24, 2.45) is 22.2 Å². The summed E-state index contributed by atoms with van der Waals surface area (Å²) < 4.78 is 0. The Morgan fingerprint density at radius 1 is 0.797 bits per heavy atom. The number of fused-ring (bicyclic) bond motifs is 1. The molecule has 24 nitrogen and oxygen atoms in total. The number of aromatic nitrogens is 3. The van der Waals surface area contributed by atoms with Crippen LogP contribution in [0.3, 0.4) is 0 Å². The van der Waals surface area contributed by atoms with Crippen molar-refractivity contribution >= 4 is 70.0 Å². The zero-order chi connectivity index (χ0) is 53.6. The number of aromatic amines is 2. The van der Waals surface area contributed by atoms with Crippen LogP contribution in [0.4, 0.5) is 0 Å². The van der Waals surface area contributed by atoms with Gasteiger partial charge in [-0.05, 0) is 49.3 Å². The summed E-state index contributed by atoms with van der Waals surface area (Å²) in [7, 11) is 0. The molecule has 1 fully saturated rings. The Bertz CT molecular complexity index is 2580. The Balaban J connectivity index is 1.57. The van der Waals surface area contributed by atoms with E-state index in [2.05, 4.69) is 57.2 Å². The van der Waals surface area contributed by atoms with Crippen LogP contribution in [-0.4, -0.2) is 141 Å². The van der Waals surface area contributed by atoms with E-state index >= 15 is 0 Å². The van der Waals surface area contributed by atoms with Gasteiger partial charge in [0.05, 0.1) is 19.3 Å². The molecule has 5 rings (SSSR count). The monoisotopic (exact) mass is 1020 g/mol. The second-order valence-corrected chi connectivity index (χ2v) is 18.2. The van der Waals surface area contributed by atoms with Gasteiger partial charge in [-0.3, -0.25) is 48.1 Å². The number of carbonyl (C=O) groups is 9. The first-order valence-electron chi connectivity index (χ1n) is 24.8. The van der Waals surface area contributed by atoms with Crippen molar-refractivity contribution < 1.29 is 43.2 Å². The highest BCUT2D eigenvalue weighted by atomic mass is 16.2. The molecule has 2 aromatic heterocycles. The Kier molecular flexibility index (Phi) is 21.9. The van der Waals surface area contributed by atoms with E-state index in [0.717, 1.165) is 10.9 Å². The van der Waals surface area contributed by atoms with E-state index in [1.54, 1.807) is 36.5 Å². The molecule has 0 saturated carbocycles. The largest absolute Gasteiger partial charge is 0.370 e. The molecule has 24 heteroatoms. The third-order valence-corrected chi connectivity index (χ3v) is 12.2. The van der Waals surface area contributed by atoms with Crippen molar-refractivity contribution in [3.05, 3.63) is 90.1 Å². The lowest BCUT2D eigenvalue weighted by Crippen LogP contribution is -2.61. The number of nitrogens with two attached hydrogens (primary N) is 3. The summed E-state index contributed by atoms with van der Waals surface area (Å²) in [4.78, 5) is 141. The van der Waals surface area contributed by atoms with Crippen molar-refractivity contribution in [1.82, 2.24) is 57.1 Å². The van der Waals surface area contributed by atoms with Gasteiger partial charge in [-0.15, -0.1) is 0 Å². The average molecular weight is 1020 g/mol. The number of hydrogen-bond acceptors (Lipinski definition) is 11. The van der Waals surface area contributed by atoms with Gasteiger partial charge in [-0.25, -0.2) is 4.98 Å². The molecule has 1 aliphatic rings. The zero-order valence-electron chi connectivity index (χ0n) is 41.7. The van der Waals surface area contributed by atoms with Gasteiger partial charge < -0.3 is 69.3 Å². The third kappa shape index (κ3) is 18.1. The van der Waals surface area contributed by atoms with E-state index in [-0.39, 0.29) is 77.0 Å². The number of H-pyrrole nitrogens is 2. The number of para-hydroxylation sites is 1. The van der Waals surface area contributed by atoms with E-state index in [0.29, 0.717) is 29.7 Å². The van der Waals surface area contributed by atoms with Crippen molar-refractivity contribution in [3.8, 4) is 0 Å². The summed E-state index contributed by atoms with van der Waals surface area (Å²) in [6.07, 6.45) is 5.69.